The second kappa shape index (κ2) is 6.70. The van der Waals surface area contributed by atoms with E-state index >= 15 is 0 Å². The normalized spacial score (nSPS) is 16.7. The topological polar surface area (TPSA) is 28.4 Å². The fourth-order valence-corrected chi connectivity index (χ4v) is 2.99. The summed E-state index contributed by atoms with van der Waals surface area (Å²) in [6, 6.07) is 13.1. The summed E-state index contributed by atoms with van der Waals surface area (Å²) in [5.74, 6) is 1.03. The molecule has 2 heterocycles. The first-order valence-corrected chi connectivity index (χ1v) is 7.95. The molecule has 0 amide bonds. The first-order chi connectivity index (χ1) is 10.3. The first-order valence-electron chi connectivity index (χ1n) is 7.95. The smallest absolute Gasteiger partial charge is 0.105 e. The van der Waals surface area contributed by atoms with Crippen LogP contribution in [0.1, 0.15) is 31.9 Å². The molecule has 1 saturated heterocycles. The van der Waals surface area contributed by atoms with Crippen molar-refractivity contribution in [1.82, 2.24) is 0 Å². The van der Waals surface area contributed by atoms with E-state index in [9.17, 15) is 0 Å². The molecule has 3 heteroatoms. The molecule has 21 heavy (non-hydrogen) atoms. The van der Waals surface area contributed by atoms with E-state index < -0.39 is 0 Å². The van der Waals surface area contributed by atoms with Crippen molar-refractivity contribution in [2.45, 2.75) is 38.6 Å². The molecule has 1 atom stereocenters. The second-order valence-electron chi connectivity index (χ2n) is 5.92. The van der Waals surface area contributed by atoms with Crippen LogP contribution in [0, 0.1) is 0 Å². The van der Waals surface area contributed by atoms with Crippen LogP contribution in [0.2, 0.25) is 0 Å². The highest BCUT2D eigenvalue weighted by molar-refractivity contribution is 5.55. The van der Waals surface area contributed by atoms with Gasteiger partial charge in [0.1, 0.15) is 5.76 Å². The third-order valence-electron chi connectivity index (χ3n) is 4.09. The number of piperidine rings is 1. The lowest BCUT2D eigenvalue weighted by Gasteiger charge is -2.29. The monoisotopic (exact) mass is 284 g/mol. The highest BCUT2D eigenvalue weighted by Gasteiger charge is 2.11. The molecule has 1 unspecified atom stereocenters. The summed E-state index contributed by atoms with van der Waals surface area (Å²) in [5.41, 5.74) is 2.52. The highest BCUT2D eigenvalue weighted by Crippen LogP contribution is 2.22. The van der Waals surface area contributed by atoms with Gasteiger partial charge in [0, 0.05) is 36.9 Å². The number of anilines is 2. The van der Waals surface area contributed by atoms with Gasteiger partial charge in [0.25, 0.3) is 0 Å². The summed E-state index contributed by atoms with van der Waals surface area (Å²) in [7, 11) is 0. The molecular weight excluding hydrogens is 260 g/mol. The first kappa shape index (κ1) is 14.1. The summed E-state index contributed by atoms with van der Waals surface area (Å²) < 4.78 is 5.39. The summed E-state index contributed by atoms with van der Waals surface area (Å²) in [4.78, 5) is 2.49. The van der Waals surface area contributed by atoms with Gasteiger partial charge in [-0.25, -0.2) is 0 Å². The Morgan fingerprint density at radius 2 is 1.86 bits per heavy atom. The molecule has 1 fully saturated rings. The van der Waals surface area contributed by atoms with Gasteiger partial charge in [-0.1, -0.05) is 0 Å². The van der Waals surface area contributed by atoms with Crippen LogP contribution in [0.15, 0.2) is 47.1 Å². The maximum Gasteiger partial charge on any atom is 0.105 e. The average Bonchev–Trinajstić information content (AvgIpc) is 3.02. The van der Waals surface area contributed by atoms with E-state index in [-0.39, 0.29) is 0 Å². The summed E-state index contributed by atoms with van der Waals surface area (Å²) in [5, 5.41) is 3.53. The molecule has 1 aliphatic heterocycles. The third-order valence-corrected chi connectivity index (χ3v) is 4.09. The Morgan fingerprint density at radius 1 is 1.10 bits per heavy atom. The quantitative estimate of drug-likeness (QED) is 0.886. The lowest BCUT2D eigenvalue weighted by molar-refractivity contribution is 0.498. The molecule has 0 bridgehead atoms. The lowest BCUT2D eigenvalue weighted by atomic mass is 10.1. The zero-order valence-electron chi connectivity index (χ0n) is 12.7. The molecule has 1 aromatic heterocycles. The summed E-state index contributed by atoms with van der Waals surface area (Å²) in [6.45, 7) is 4.57. The predicted octanol–water partition coefficient (Wildman–Crippen LogP) is 4.31. The van der Waals surface area contributed by atoms with Crippen molar-refractivity contribution in [3.63, 3.8) is 0 Å². The van der Waals surface area contributed by atoms with Crippen LogP contribution < -0.4 is 10.2 Å². The van der Waals surface area contributed by atoms with Crippen molar-refractivity contribution >= 4 is 11.4 Å². The van der Waals surface area contributed by atoms with Crippen molar-refractivity contribution in [1.29, 1.82) is 0 Å². The Bertz CT molecular complexity index is 527. The van der Waals surface area contributed by atoms with Gasteiger partial charge < -0.3 is 14.6 Å². The van der Waals surface area contributed by atoms with E-state index in [1.807, 2.05) is 12.1 Å². The van der Waals surface area contributed by atoms with E-state index in [1.54, 1.807) is 6.26 Å². The van der Waals surface area contributed by atoms with E-state index in [0.29, 0.717) is 6.04 Å². The second-order valence-corrected chi connectivity index (χ2v) is 5.92. The fraction of sp³-hybridized carbons (Fsp3) is 0.444. The number of furan rings is 1. The van der Waals surface area contributed by atoms with Crippen molar-refractivity contribution in [2.24, 2.45) is 0 Å². The Morgan fingerprint density at radius 3 is 2.52 bits per heavy atom. The van der Waals surface area contributed by atoms with Gasteiger partial charge in [0.05, 0.1) is 6.26 Å². The number of hydrogen-bond acceptors (Lipinski definition) is 3. The van der Waals surface area contributed by atoms with Crippen molar-refractivity contribution in [2.75, 3.05) is 23.3 Å². The van der Waals surface area contributed by atoms with Crippen LogP contribution in [0.5, 0.6) is 0 Å². The SMILES string of the molecule is CC(Cc1ccco1)Nc1ccc(N2CCCCC2)cc1. The molecule has 1 aromatic carbocycles. The minimum atomic E-state index is 0.358. The van der Waals surface area contributed by atoms with Crippen LogP contribution in [0.4, 0.5) is 11.4 Å². The zero-order chi connectivity index (χ0) is 14.5. The molecule has 1 N–H and O–H groups in total. The minimum Gasteiger partial charge on any atom is -0.469 e. The Labute approximate surface area is 127 Å². The van der Waals surface area contributed by atoms with Gasteiger partial charge >= 0.3 is 0 Å². The zero-order valence-corrected chi connectivity index (χ0v) is 12.7. The number of rotatable bonds is 5. The molecule has 0 radical (unpaired) electrons. The van der Waals surface area contributed by atoms with Crippen molar-refractivity contribution < 1.29 is 4.42 Å². The lowest BCUT2D eigenvalue weighted by Crippen LogP contribution is -2.29. The molecular formula is C18H24N2O. The van der Waals surface area contributed by atoms with Gasteiger partial charge in [0.15, 0.2) is 0 Å². The van der Waals surface area contributed by atoms with Crippen LogP contribution in [0.3, 0.4) is 0 Å². The average molecular weight is 284 g/mol. The van der Waals surface area contributed by atoms with Gasteiger partial charge in [-0.05, 0) is 62.6 Å². The minimum absolute atomic E-state index is 0.358. The van der Waals surface area contributed by atoms with Crippen LogP contribution >= 0.6 is 0 Å². The van der Waals surface area contributed by atoms with E-state index in [2.05, 4.69) is 41.4 Å². The molecule has 1 aliphatic rings. The number of benzene rings is 1. The predicted molar refractivity (Wildman–Crippen MR) is 88.0 cm³/mol. The number of nitrogens with zero attached hydrogens (tertiary/aromatic N) is 1. The van der Waals surface area contributed by atoms with Gasteiger partial charge in [0.2, 0.25) is 0 Å². The number of nitrogens with one attached hydrogen (secondary N) is 1. The van der Waals surface area contributed by atoms with E-state index in [4.69, 9.17) is 4.42 Å². The Hall–Kier alpha value is -1.90. The molecule has 3 nitrogen and oxygen atoms in total. The van der Waals surface area contributed by atoms with Crippen molar-refractivity contribution in [3.8, 4) is 0 Å². The summed E-state index contributed by atoms with van der Waals surface area (Å²) in [6.07, 6.45) is 6.65. The number of hydrogen-bond donors (Lipinski definition) is 1. The highest BCUT2D eigenvalue weighted by atomic mass is 16.3. The molecule has 0 spiro atoms. The summed E-state index contributed by atoms with van der Waals surface area (Å²) >= 11 is 0. The molecule has 0 saturated carbocycles. The molecule has 2 aromatic rings. The Kier molecular flexibility index (Phi) is 4.49. The molecule has 112 valence electrons. The van der Waals surface area contributed by atoms with Crippen LogP contribution in [0.25, 0.3) is 0 Å². The van der Waals surface area contributed by atoms with E-state index in [1.165, 1.54) is 43.7 Å². The largest absolute Gasteiger partial charge is 0.469 e. The maximum atomic E-state index is 5.39. The Balaban J connectivity index is 1.56. The van der Waals surface area contributed by atoms with Crippen LogP contribution in [-0.2, 0) is 6.42 Å². The van der Waals surface area contributed by atoms with Gasteiger partial charge in [-0.15, -0.1) is 0 Å². The van der Waals surface area contributed by atoms with Crippen molar-refractivity contribution in [3.05, 3.63) is 48.4 Å². The van der Waals surface area contributed by atoms with Crippen LogP contribution in [-0.4, -0.2) is 19.1 Å². The maximum absolute atomic E-state index is 5.39. The van der Waals surface area contributed by atoms with E-state index in [0.717, 1.165) is 12.2 Å². The van der Waals surface area contributed by atoms with Gasteiger partial charge in [-0.2, -0.15) is 0 Å². The standard InChI is InChI=1S/C18H24N2O/c1-15(14-18-6-5-13-21-18)19-16-7-9-17(10-8-16)20-11-3-2-4-12-20/h5-10,13,15,19H,2-4,11-12,14H2,1H3. The van der Waals surface area contributed by atoms with Gasteiger partial charge in [-0.3, -0.25) is 0 Å². The molecule has 0 aliphatic carbocycles. The molecule has 3 rings (SSSR count). The third kappa shape index (κ3) is 3.81. The fourth-order valence-electron chi connectivity index (χ4n) is 2.99.